The van der Waals surface area contributed by atoms with Crippen LogP contribution in [0.1, 0.15) is 37.2 Å². The summed E-state index contributed by atoms with van der Waals surface area (Å²) >= 11 is 0. The summed E-state index contributed by atoms with van der Waals surface area (Å²) in [5.41, 5.74) is 2.49. The van der Waals surface area contributed by atoms with Crippen molar-refractivity contribution >= 4 is 16.8 Å². The number of fused-ring (bicyclic) bond motifs is 1. The summed E-state index contributed by atoms with van der Waals surface area (Å²) < 4.78 is 1.69. The van der Waals surface area contributed by atoms with Crippen molar-refractivity contribution in [2.24, 2.45) is 0 Å². The zero-order valence-electron chi connectivity index (χ0n) is 17.5. The number of aromatic nitrogens is 5. The number of benzene rings is 2. The summed E-state index contributed by atoms with van der Waals surface area (Å²) in [5.74, 6) is 0.659. The average molecular weight is 416 g/mol. The van der Waals surface area contributed by atoms with Gasteiger partial charge >= 0.3 is 0 Å². The van der Waals surface area contributed by atoms with Crippen molar-refractivity contribution in [3.8, 4) is 5.69 Å². The lowest BCUT2D eigenvalue weighted by molar-refractivity contribution is -0.131. The normalized spacial score (nSPS) is 12.1. The van der Waals surface area contributed by atoms with E-state index < -0.39 is 0 Å². The highest BCUT2D eigenvalue weighted by Gasteiger charge is 2.17. The predicted molar refractivity (Wildman–Crippen MR) is 118 cm³/mol. The molecule has 0 saturated heterocycles. The quantitative estimate of drug-likeness (QED) is 0.499. The van der Waals surface area contributed by atoms with Crippen LogP contribution in [0.15, 0.2) is 66.0 Å². The number of carbonyl (C=O) groups excluding carboxylic acids is 1. The first kappa shape index (κ1) is 20.5. The van der Waals surface area contributed by atoms with Crippen molar-refractivity contribution in [2.75, 3.05) is 7.05 Å². The van der Waals surface area contributed by atoms with Gasteiger partial charge in [-0.15, -0.1) is 0 Å². The van der Waals surface area contributed by atoms with Crippen LogP contribution in [0.4, 0.5) is 0 Å². The van der Waals surface area contributed by atoms with Gasteiger partial charge in [-0.25, -0.2) is 14.6 Å². The SMILES string of the molecule is C[C@@H](c1ccc(-n2cncn2)cc1)N(C)C(=O)CCCc1nc2ccccc2c(=O)[nH]1. The third-order valence-corrected chi connectivity index (χ3v) is 5.50. The molecule has 31 heavy (non-hydrogen) atoms. The lowest BCUT2D eigenvalue weighted by Crippen LogP contribution is -2.29. The van der Waals surface area contributed by atoms with Gasteiger partial charge in [-0.2, -0.15) is 5.10 Å². The first-order chi connectivity index (χ1) is 15.0. The molecular weight excluding hydrogens is 392 g/mol. The molecule has 1 amide bonds. The van der Waals surface area contributed by atoms with Gasteiger partial charge in [0.15, 0.2) is 0 Å². The van der Waals surface area contributed by atoms with Gasteiger partial charge in [0.1, 0.15) is 18.5 Å². The highest BCUT2D eigenvalue weighted by molar-refractivity contribution is 5.77. The number of nitrogens with one attached hydrogen (secondary N) is 1. The van der Waals surface area contributed by atoms with Crippen LogP contribution in [0.25, 0.3) is 16.6 Å². The van der Waals surface area contributed by atoms with E-state index in [4.69, 9.17) is 0 Å². The maximum Gasteiger partial charge on any atom is 0.258 e. The van der Waals surface area contributed by atoms with Crippen LogP contribution in [-0.4, -0.2) is 42.6 Å². The maximum absolute atomic E-state index is 12.7. The molecule has 0 aliphatic rings. The van der Waals surface area contributed by atoms with Crippen LogP contribution in [0, 0.1) is 0 Å². The first-order valence-electron chi connectivity index (χ1n) is 10.2. The summed E-state index contributed by atoms with van der Waals surface area (Å²) in [6, 6.07) is 15.1. The van der Waals surface area contributed by atoms with Gasteiger partial charge < -0.3 is 9.88 Å². The number of H-pyrrole nitrogens is 1. The molecule has 0 radical (unpaired) electrons. The Balaban J connectivity index is 1.34. The second kappa shape index (κ2) is 8.91. The third kappa shape index (κ3) is 4.53. The Morgan fingerprint density at radius 2 is 1.94 bits per heavy atom. The number of para-hydroxylation sites is 1. The summed E-state index contributed by atoms with van der Waals surface area (Å²) in [5, 5.41) is 4.69. The van der Waals surface area contributed by atoms with Crippen molar-refractivity contribution in [1.29, 1.82) is 0 Å². The minimum absolute atomic E-state index is 0.0518. The van der Waals surface area contributed by atoms with Gasteiger partial charge in [-0.05, 0) is 43.2 Å². The Hall–Kier alpha value is -3.81. The molecule has 0 bridgehead atoms. The van der Waals surface area contributed by atoms with Crippen LogP contribution in [-0.2, 0) is 11.2 Å². The summed E-state index contributed by atoms with van der Waals surface area (Å²) in [6.07, 6.45) is 4.68. The third-order valence-electron chi connectivity index (χ3n) is 5.50. The second-order valence-corrected chi connectivity index (χ2v) is 7.50. The van der Waals surface area contributed by atoms with E-state index in [0.29, 0.717) is 36.0 Å². The molecular formula is C23H24N6O2. The van der Waals surface area contributed by atoms with Gasteiger partial charge in [0.05, 0.1) is 22.6 Å². The van der Waals surface area contributed by atoms with E-state index in [0.717, 1.165) is 11.3 Å². The van der Waals surface area contributed by atoms with Crippen molar-refractivity contribution in [3.05, 3.63) is 82.9 Å². The van der Waals surface area contributed by atoms with Crippen LogP contribution in [0.3, 0.4) is 0 Å². The van der Waals surface area contributed by atoms with E-state index in [9.17, 15) is 9.59 Å². The number of carbonyl (C=O) groups is 1. The van der Waals surface area contributed by atoms with E-state index in [1.54, 1.807) is 22.0 Å². The Morgan fingerprint density at radius 1 is 1.16 bits per heavy atom. The Morgan fingerprint density at radius 3 is 2.68 bits per heavy atom. The van der Waals surface area contributed by atoms with Crippen LogP contribution >= 0.6 is 0 Å². The van der Waals surface area contributed by atoms with Gasteiger partial charge in [0, 0.05) is 19.9 Å². The molecule has 158 valence electrons. The minimum Gasteiger partial charge on any atom is -0.339 e. The number of aryl methyl sites for hydroxylation is 1. The number of hydrogen-bond donors (Lipinski definition) is 1. The van der Waals surface area contributed by atoms with E-state index in [-0.39, 0.29) is 17.5 Å². The number of nitrogens with zero attached hydrogens (tertiary/aromatic N) is 5. The molecule has 1 atom stereocenters. The second-order valence-electron chi connectivity index (χ2n) is 7.50. The molecule has 0 aliphatic carbocycles. The number of rotatable bonds is 7. The fourth-order valence-corrected chi connectivity index (χ4v) is 3.52. The average Bonchev–Trinajstić information content (AvgIpc) is 3.33. The highest BCUT2D eigenvalue weighted by Crippen LogP contribution is 2.21. The highest BCUT2D eigenvalue weighted by atomic mass is 16.2. The van der Waals surface area contributed by atoms with Crippen LogP contribution in [0.2, 0.25) is 0 Å². The fourth-order valence-electron chi connectivity index (χ4n) is 3.52. The Labute approximate surface area is 179 Å². The molecule has 1 N–H and O–H groups in total. The number of amides is 1. The molecule has 0 spiro atoms. The molecule has 2 aromatic heterocycles. The van der Waals surface area contributed by atoms with Gasteiger partial charge in [-0.1, -0.05) is 24.3 Å². The molecule has 4 aromatic rings. The van der Waals surface area contributed by atoms with E-state index in [1.165, 1.54) is 6.33 Å². The van der Waals surface area contributed by atoms with Crippen molar-refractivity contribution < 1.29 is 4.79 Å². The van der Waals surface area contributed by atoms with Gasteiger partial charge in [-0.3, -0.25) is 9.59 Å². The molecule has 0 unspecified atom stereocenters. The molecule has 8 nitrogen and oxygen atoms in total. The Kier molecular flexibility index (Phi) is 5.88. The first-order valence-corrected chi connectivity index (χ1v) is 10.2. The van der Waals surface area contributed by atoms with Gasteiger partial charge in [0.25, 0.3) is 5.56 Å². The lowest BCUT2D eigenvalue weighted by Gasteiger charge is -2.25. The molecule has 0 aliphatic heterocycles. The smallest absolute Gasteiger partial charge is 0.258 e. The topological polar surface area (TPSA) is 96.8 Å². The summed E-state index contributed by atoms with van der Waals surface area (Å²) in [7, 11) is 1.81. The molecule has 0 fully saturated rings. The largest absolute Gasteiger partial charge is 0.339 e. The van der Waals surface area contributed by atoms with E-state index in [2.05, 4.69) is 20.1 Å². The van der Waals surface area contributed by atoms with Crippen molar-refractivity contribution in [3.63, 3.8) is 0 Å². The van der Waals surface area contributed by atoms with Gasteiger partial charge in [0.2, 0.25) is 5.91 Å². The molecule has 2 aromatic carbocycles. The molecule has 8 heteroatoms. The zero-order chi connectivity index (χ0) is 21.8. The number of aromatic amines is 1. The van der Waals surface area contributed by atoms with Crippen molar-refractivity contribution in [1.82, 2.24) is 29.6 Å². The van der Waals surface area contributed by atoms with E-state index >= 15 is 0 Å². The molecule has 0 saturated carbocycles. The van der Waals surface area contributed by atoms with Crippen LogP contribution in [0.5, 0.6) is 0 Å². The Bertz CT molecular complexity index is 1230. The van der Waals surface area contributed by atoms with Crippen LogP contribution < -0.4 is 5.56 Å². The standard InChI is InChI=1S/C23H24N6O2/c1-16(17-10-12-18(13-11-17)29-15-24-14-25-29)28(2)22(30)9-5-8-21-26-20-7-4-3-6-19(20)23(31)27-21/h3-4,6-7,10-16H,5,8-9H2,1-2H3,(H,26,27,31)/t16-/m0/s1. The monoisotopic (exact) mass is 416 g/mol. The molecule has 4 rings (SSSR count). The summed E-state index contributed by atoms with van der Waals surface area (Å²) in [6.45, 7) is 2.00. The predicted octanol–water partition coefficient (Wildman–Crippen LogP) is 3.05. The van der Waals surface area contributed by atoms with E-state index in [1.807, 2.05) is 56.4 Å². The maximum atomic E-state index is 12.7. The number of hydrogen-bond acceptors (Lipinski definition) is 5. The van der Waals surface area contributed by atoms with Crippen molar-refractivity contribution in [2.45, 2.75) is 32.2 Å². The minimum atomic E-state index is -0.146. The molecule has 2 heterocycles. The summed E-state index contributed by atoms with van der Waals surface area (Å²) in [4.78, 5) is 37.9. The zero-order valence-corrected chi connectivity index (χ0v) is 17.5. The lowest BCUT2D eigenvalue weighted by atomic mass is 10.1. The fraction of sp³-hybridized carbons (Fsp3) is 0.261.